The summed E-state index contributed by atoms with van der Waals surface area (Å²) in [5.41, 5.74) is 3.89. The molecule has 26 heavy (non-hydrogen) atoms. The van der Waals surface area contributed by atoms with Gasteiger partial charge in [0.15, 0.2) is 5.13 Å². The summed E-state index contributed by atoms with van der Waals surface area (Å²) in [6, 6.07) is 18.4. The number of benzene rings is 2. The molecule has 0 saturated heterocycles. The smallest absolute Gasteiger partial charge is 0.271 e. The summed E-state index contributed by atoms with van der Waals surface area (Å²) in [5, 5.41) is 8.82. The van der Waals surface area contributed by atoms with Gasteiger partial charge >= 0.3 is 0 Å². The van der Waals surface area contributed by atoms with Gasteiger partial charge in [-0.05, 0) is 43.9 Å². The second-order valence-electron chi connectivity index (χ2n) is 6.38. The molecule has 0 aliphatic rings. The van der Waals surface area contributed by atoms with Gasteiger partial charge in [-0.15, -0.1) is 11.3 Å². The molecule has 0 bridgehead atoms. The Hall–Kier alpha value is -2.66. The number of amides is 1. The van der Waals surface area contributed by atoms with Gasteiger partial charge in [0.2, 0.25) is 0 Å². The van der Waals surface area contributed by atoms with Crippen LogP contribution in [0.2, 0.25) is 0 Å². The number of nitrogens with one attached hydrogen (secondary N) is 2. The lowest BCUT2D eigenvalue weighted by Crippen LogP contribution is -2.33. The first-order valence-electron chi connectivity index (χ1n) is 8.75. The normalized spacial score (nSPS) is 11.8. The Morgan fingerprint density at radius 3 is 2.62 bits per heavy atom. The standard InChI is InChI=1S/C21H23N3OS/c1-15-8-6-7-11-18(15)23-21-24-19(14-26-21)20(25)22-16(2)12-13-17-9-4-3-5-10-17/h3-11,14,16H,12-13H2,1-2H3,(H,22,25)(H,23,24). The van der Waals surface area contributed by atoms with Crippen molar-refractivity contribution in [1.82, 2.24) is 10.3 Å². The minimum absolute atomic E-state index is 0.0946. The van der Waals surface area contributed by atoms with Gasteiger partial charge in [-0.25, -0.2) is 4.98 Å². The number of aryl methyl sites for hydroxylation is 2. The van der Waals surface area contributed by atoms with Gasteiger partial charge in [0.05, 0.1) is 0 Å². The van der Waals surface area contributed by atoms with Crippen molar-refractivity contribution in [2.75, 3.05) is 5.32 Å². The van der Waals surface area contributed by atoms with E-state index in [9.17, 15) is 4.79 Å². The molecule has 1 unspecified atom stereocenters. The van der Waals surface area contributed by atoms with Gasteiger partial charge in [-0.3, -0.25) is 4.79 Å². The minimum Gasteiger partial charge on any atom is -0.348 e. The van der Waals surface area contributed by atoms with E-state index in [-0.39, 0.29) is 11.9 Å². The van der Waals surface area contributed by atoms with Crippen molar-refractivity contribution in [3.63, 3.8) is 0 Å². The number of rotatable bonds is 7. The Labute approximate surface area is 158 Å². The van der Waals surface area contributed by atoms with Crippen molar-refractivity contribution in [3.05, 3.63) is 76.8 Å². The average molecular weight is 366 g/mol. The highest BCUT2D eigenvalue weighted by Gasteiger charge is 2.14. The zero-order valence-corrected chi connectivity index (χ0v) is 15.8. The van der Waals surface area contributed by atoms with E-state index in [1.54, 1.807) is 5.38 Å². The molecular formula is C21H23N3OS. The fourth-order valence-electron chi connectivity index (χ4n) is 2.66. The van der Waals surface area contributed by atoms with Crippen molar-refractivity contribution in [2.24, 2.45) is 0 Å². The van der Waals surface area contributed by atoms with Crippen molar-refractivity contribution < 1.29 is 4.79 Å². The van der Waals surface area contributed by atoms with E-state index < -0.39 is 0 Å². The van der Waals surface area contributed by atoms with Crippen molar-refractivity contribution >= 4 is 28.1 Å². The third-order valence-electron chi connectivity index (χ3n) is 4.21. The highest BCUT2D eigenvalue weighted by atomic mass is 32.1. The SMILES string of the molecule is Cc1ccccc1Nc1nc(C(=O)NC(C)CCc2ccccc2)cs1. The van der Waals surface area contributed by atoms with Crippen molar-refractivity contribution in [3.8, 4) is 0 Å². The largest absolute Gasteiger partial charge is 0.348 e. The maximum atomic E-state index is 12.4. The zero-order valence-electron chi connectivity index (χ0n) is 15.0. The van der Waals surface area contributed by atoms with Crippen molar-refractivity contribution in [2.45, 2.75) is 32.7 Å². The molecule has 0 radical (unpaired) electrons. The van der Waals surface area contributed by atoms with E-state index in [2.05, 4.69) is 27.8 Å². The summed E-state index contributed by atoms with van der Waals surface area (Å²) in [6.07, 6.45) is 1.84. The Kier molecular flexibility index (Phi) is 6.02. The van der Waals surface area contributed by atoms with Crippen LogP contribution in [0.25, 0.3) is 0 Å². The molecule has 1 aromatic heterocycles. The van der Waals surface area contributed by atoms with Crippen LogP contribution in [-0.4, -0.2) is 16.9 Å². The molecule has 0 spiro atoms. The van der Waals surface area contributed by atoms with Gasteiger partial charge < -0.3 is 10.6 Å². The van der Waals surface area contributed by atoms with E-state index in [0.29, 0.717) is 5.69 Å². The first kappa shape index (κ1) is 18.1. The lowest BCUT2D eigenvalue weighted by atomic mass is 10.1. The van der Waals surface area contributed by atoms with Crippen LogP contribution in [0, 0.1) is 6.92 Å². The maximum absolute atomic E-state index is 12.4. The molecule has 0 aliphatic heterocycles. The van der Waals surface area contributed by atoms with Crippen LogP contribution >= 0.6 is 11.3 Å². The third-order valence-corrected chi connectivity index (χ3v) is 4.97. The van der Waals surface area contributed by atoms with Gasteiger partial charge in [0, 0.05) is 17.1 Å². The molecule has 3 aromatic rings. The minimum atomic E-state index is -0.125. The number of para-hydroxylation sites is 1. The van der Waals surface area contributed by atoms with Crippen LogP contribution in [0.1, 0.15) is 35.0 Å². The fourth-order valence-corrected chi connectivity index (χ4v) is 3.36. The lowest BCUT2D eigenvalue weighted by molar-refractivity contribution is 0.0934. The second kappa shape index (κ2) is 8.63. The summed E-state index contributed by atoms with van der Waals surface area (Å²) in [4.78, 5) is 16.8. The molecule has 2 aromatic carbocycles. The summed E-state index contributed by atoms with van der Waals surface area (Å²) in [7, 11) is 0. The molecule has 1 heterocycles. The number of hydrogen-bond donors (Lipinski definition) is 2. The summed E-state index contributed by atoms with van der Waals surface area (Å²) in [6.45, 7) is 4.07. The second-order valence-corrected chi connectivity index (χ2v) is 7.23. The predicted molar refractivity (Wildman–Crippen MR) is 108 cm³/mol. The molecule has 5 heteroatoms. The number of anilines is 2. The summed E-state index contributed by atoms with van der Waals surface area (Å²) >= 11 is 1.44. The number of thiazole rings is 1. The molecular weight excluding hydrogens is 342 g/mol. The Morgan fingerprint density at radius 2 is 1.85 bits per heavy atom. The number of carbonyl (C=O) groups excluding carboxylic acids is 1. The van der Waals surface area contributed by atoms with E-state index in [4.69, 9.17) is 0 Å². The summed E-state index contributed by atoms with van der Waals surface area (Å²) < 4.78 is 0. The topological polar surface area (TPSA) is 54.0 Å². The van der Waals surface area contributed by atoms with Crippen LogP contribution in [0.5, 0.6) is 0 Å². The van der Waals surface area contributed by atoms with Gasteiger partial charge in [0.1, 0.15) is 5.69 Å². The number of nitrogens with zero attached hydrogens (tertiary/aromatic N) is 1. The molecule has 2 N–H and O–H groups in total. The van der Waals surface area contributed by atoms with Gasteiger partial charge in [-0.1, -0.05) is 48.5 Å². The molecule has 3 rings (SSSR count). The first-order valence-corrected chi connectivity index (χ1v) is 9.63. The van der Waals surface area contributed by atoms with Crippen LogP contribution in [0.15, 0.2) is 60.0 Å². The van der Waals surface area contributed by atoms with Gasteiger partial charge in [-0.2, -0.15) is 0 Å². The Bertz CT molecular complexity index is 860. The molecule has 4 nitrogen and oxygen atoms in total. The van der Waals surface area contributed by atoms with Crippen LogP contribution in [0.4, 0.5) is 10.8 Å². The summed E-state index contributed by atoms with van der Waals surface area (Å²) in [5.74, 6) is -0.125. The molecule has 1 atom stereocenters. The molecule has 0 saturated carbocycles. The average Bonchev–Trinajstić information content (AvgIpc) is 3.12. The number of carbonyl (C=O) groups is 1. The monoisotopic (exact) mass is 365 g/mol. The zero-order chi connectivity index (χ0) is 18.4. The van der Waals surface area contributed by atoms with E-state index in [1.165, 1.54) is 16.9 Å². The third kappa shape index (κ3) is 4.92. The Morgan fingerprint density at radius 1 is 1.12 bits per heavy atom. The Balaban J connectivity index is 1.53. The quantitative estimate of drug-likeness (QED) is 0.623. The van der Waals surface area contributed by atoms with E-state index in [1.807, 2.05) is 56.3 Å². The predicted octanol–water partition coefficient (Wildman–Crippen LogP) is 4.95. The molecule has 134 valence electrons. The highest BCUT2D eigenvalue weighted by Crippen LogP contribution is 2.23. The van der Waals surface area contributed by atoms with Crippen molar-refractivity contribution in [1.29, 1.82) is 0 Å². The van der Waals surface area contributed by atoms with Crippen LogP contribution < -0.4 is 10.6 Å². The lowest BCUT2D eigenvalue weighted by Gasteiger charge is -2.13. The highest BCUT2D eigenvalue weighted by molar-refractivity contribution is 7.14. The van der Waals surface area contributed by atoms with E-state index >= 15 is 0 Å². The van der Waals surface area contributed by atoms with Gasteiger partial charge in [0.25, 0.3) is 5.91 Å². The fraction of sp³-hybridized carbons (Fsp3) is 0.238. The number of hydrogen-bond acceptors (Lipinski definition) is 4. The first-order chi connectivity index (χ1) is 12.6. The maximum Gasteiger partial charge on any atom is 0.271 e. The molecule has 1 amide bonds. The van der Waals surface area contributed by atoms with E-state index in [0.717, 1.165) is 29.2 Å². The molecule has 0 fully saturated rings. The van der Waals surface area contributed by atoms with Crippen LogP contribution in [-0.2, 0) is 6.42 Å². The molecule has 0 aliphatic carbocycles. The number of aromatic nitrogens is 1. The van der Waals surface area contributed by atoms with Crippen LogP contribution in [0.3, 0.4) is 0 Å².